The van der Waals surface area contributed by atoms with Crippen molar-refractivity contribution in [2.24, 2.45) is 0 Å². The van der Waals surface area contributed by atoms with Crippen molar-refractivity contribution < 1.29 is 31.2 Å². The van der Waals surface area contributed by atoms with E-state index in [9.17, 15) is 31.2 Å². The molecule has 0 radical (unpaired) electrons. The highest BCUT2D eigenvalue weighted by Gasteiger charge is 2.37. The normalized spacial score (nSPS) is 12.5. The van der Waals surface area contributed by atoms with E-state index < -0.39 is 56.9 Å². The van der Waals surface area contributed by atoms with Crippen LogP contribution in [0.25, 0.3) is 0 Å². The summed E-state index contributed by atoms with van der Waals surface area (Å²) < 4.78 is 69.1. The van der Waals surface area contributed by atoms with Gasteiger partial charge < -0.3 is 10.2 Å². The van der Waals surface area contributed by atoms with Gasteiger partial charge in [0.05, 0.1) is 21.2 Å². The summed E-state index contributed by atoms with van der Waals surface area (Å²) in [6, 6.07) is 15.9. The lowest BCUT2D eigenvalue weighted by atomic mass is 10.1. The van der Waals surface area contributed by atoms with E-state index in [1.165, 1.54) is 36.2 Å². The molecule has 3 rings (SSSR count). The Hall–Kier alpha value is -3.57. The Balaban J connectivity index is 2.13. The van der Waals surface area contributed by atoms with Crippen molar-refractivity contribution in [1.82, 2.24) is 10.2 Å². The maximum atomic E-state index is 13.8. The molecule has 0 fully saturated rings. The molecule has 3 aromatic carbocycles. The quantitative estimate of drug-likeness (QED) is 0.339. The molecule has 7 nitrogen and oxygen atoms in total. The summed E-state index contributed by atoms with van der Waals surface area (Å²) in [5.41, 5.74) is 0.00539. The molecule has 0 saturated carbocycles. The van der Waals surface area contributed by atoms with Crippen LogP contribution in [0.1, 0.15) is 30.0 Å². The van der Waals surface area contributed by atoms with Crippen molar-refractivity contribution in [1.29, 1.82) is 0 Å². The van der Waals surface area contributed by atoms with Crippen molar-refractivity contribution in [3.63, 3.8) is 0 Å². The molecule has 0 aromatic heterocycles. The highest BCUT2D eigenvalue weighted by atomic mass is 35.5. The first kappa shape index (κ1) is 31.0. The minimum Gasteiger partial charge on any atom is -0.357 e. The Kier molecular flexibility index (Phi) is 9.86. The number of amides is 2. The molecule has 3 aromatic rings. The Morgan fingerprint density at radius 3 is 2.17 bits per heavy atom. The van der Waals surface area contributed by atoms with Gasteiger partial charge in [-0.1, -0.05) is 66.6 Å². The van der Waals surface area contributed by atoms with Crippen LogP contribution in [-0.4, -0.2) is 44.8 Å². The van der Waals surface area contributed by atoms with Gasteiger partial charge in [0, 0.05) is 13.6 Å². The minimum absolute atomic E-state index is 0.0291. The van der Waals surface area contributed by atoms with E-state index in [1.807, 2.05) is 19.1 Å². The number of hydrogen-bond donors (Lipinski definition) is 1. The highest BCUT2D eigenvalue weighted by molar-refractivity contribution is 7.92. The zero-order valence-corrected chi connectivity index (χ0v) is 23.6. The number of likely N-dealkylation sites (N-methyl/N-ethyl adjacent to an activating group) is 1. The van der Waals surface area contributed by atoms with Crippen LogP contribution in [0.3, 0.4) is 0 Å². The van der Waals surface area contributed by atoms with Crippen molar-refractivity contribution in [2.45, 2.75) is 43.9 Å². The van der Waals surface area contributed by atoms with Gasteiger partial charge >= 0.3 is 6.18 Å². The Morgan fingerprint density at radius 1 is 1.00 bits per heavy atom. The number of aryl methyl sites for hydroxylation is 1. The van der Waals surface area contributed by atoms with Crippen LogP contribution in [0, 0.1) is 6.92 Å². The summed E-state index contributed by atoms with van der Waals surface area (Å²) in [4.78, 5) is 27.6. The van der Waals surface area contributed by atoms with E-state index in [0.717, 1.165) is 17.7 Å². The van der Waals surface area contributed by atoms with E-state index in [0.29, 0.717) is 15.9 Å². The number of benzene rings is 3. The number of sulfonamides is 1. The smallest absolute Gasteiger partial charge is 0.357 e. The molecule has 0 aliphatic heterocycles. The van der Waals surface area contributed by atoms with Crippen molar-refractivity contribution in [2.75, 3.05) is 17.9 Å². The second kappa shape index (κ2) is 12.7. The largest absolute Gasteiger partial charge is 0.417 e. The Morgan fingerprint density at radius 2 is 1.62 bits per heavy atom. The summed E-state index contributed by atoms with van der Waals surface area (Å²) in [5.74, 6) is -1.25. The predicted octanol–water partition coefficient (Wildman–Crippen LogP) is 5.42. The zero-order valence-electron chi connectivity index (χ0n) is 22.1. The SMILES string of the molecule is CCC(C(=O)NC)N(Cc1ccc(C)cc1)C(=O)CN(c1ccc(Cl)c(C(F)(F)F)c1)S(=O)(=O)c1ccccc1. The van der Waals surface area contributed by atoms with Crippen LogP contribution < -0.4 is 9.62 Å². The third-order valence-corrected chi connectivity index (χ3v) is 8.38. The van der Waals surface area contributed by atoms with Gasteiger partial charge in [0.15, 0.2) is 0 Å². The van der Waals surface area contributed by atoms with E-state index in [4.69, 9.17) is 11.6 Å². The van der Waals surface area contributed by atoms with Gasteiger partial charge in [-0.05, 0) is 49.2 Å². The van der Waals surface area contributed by atoms with E-state index in [2.05, 4.69) is 5.32 Å². The monoisotopic (exact) mass is 595 g/mol. The van der Waals surface area contributed by atoms with Gasteiger partial charge in [-0.15, -0.1) is 0 Å². The molecule has 12 heteroatoms. The Labute approximate surface area is 236 Å². The average molecular weight is 596 g/mol. The van der Waals surface area contributed by atoms with Gasteiger partial charge in [-0.3, -0.25) is 13.9 Å². The molecule has 0 heterocycles. The van der Waals surface area contributed by atoms with Crippen LogP contribution in [0.15, 0.2) is 77.7 Å². The summed E-state index contributed by atoms with van der Waals surface area (Å²) in [5, 5.41) is 1.89. The Bertz CT molecular complexity index is 1450. The molecule has 0 saturated heterocycles. The number of hydrogen-bond acceptors (Lipinski definition) is 4. The summed E-state index contributed by atoms with van der Waals surface area (Å²) >= 11 is 5.78. The number of nitrogens with zero attached hydrogens (tertiary/aromatic N) is 2. The molecule has 40 heavy (non-hydrogen) atoms. The van der Waals surface area contributed by atoms with Gasteiger partial charge in [0.25, 0.3) is 10.0 Å². The zero-order chi connectivity index (χ0) is 29.7. The first-order valence-electron chi connectivity index (χ1n) is 12.3. The summed E-state index contributed by atoms with van der Waals surface area (Å²) in [6.45, 7) is 2.69. The molecule has 1 unspecified atom stereocenters. The maximum Gasteiger partial charge on any atom is 0.417 e. The number of carbonyl (C=O) groups excluding carboxylic acids is 2. The van der Waals surface area contributed by atoms with Crippen LogP contribution in [-0.2, 0) is 32.3 Å². The molecule has 1 atom stereocenters. The third-order valence-electron chi connectivity index (χ3n) is 6.26. The lowest BCUT2D eigenvalue weighted by Gasteiger charge is -2.33. The molecule has 0 bridgehead atoms. The van der Waals surface area contributed by atoms with Crippen molar-refractivity contribution >= 4 is 39.1 Å². The van der Waals surface area contributed by atoms with Gasteiger partial charge in [0.2, 0.25) is 11.8 Å². The van der Waals surface area contributed by atoms with E-state index >= 15 is 0 Å². The van der Waals surface area contributed by atoms with E-state index in [1.54, 1.807) is 25.1 Å². The number of alkyl halides is 3. The summed E-state index contributed by atoms with van der Waals surface area (Å²) in [7, 11) is -3.10. The highest BCUT2D eigenvalue weighted by Crippen LogP contribution is 2.38. The average Bonchev–Trinajstić information content (AvgIpc) is 2.92. The molecule has 0 aliphatic carbocycles. The van der Waals surface area contributed by atoms with E-state index in [-0.39, 0.29) is 17.9 Å². The lowest BCUT2D eigenvalue weighted by Crippen LogP contribution is -2.51. The number of halogens is 4. The molecule has 1 N–H and O–H groups in total. The first-order valence-corrected chi connectivity index (χ1v) is 14.1. The molecule has 214 valence electrons. The fraction of sp³-hybridized carbons (Fsp3) is 0.286. The fourth-order valence-electron chi connectivity index (χ4n) is 4.11. The molecular weight excluding hydrogens is 567 g/mol. The van der Waals surface area contributed by atoms with Crippen LogP contribution >= 0.6 is 11.6 Å². The first-order chi connectivity index (χ1) is 18.8. The topological polar surface area (TPSA) is 86.8 Å². The number of carbonyl (C=O) groups is 2. The van der Waals surface area contributed by atoms with Crippen LogP contribution in [0.2, 0.25) is 5.02 Å². The van der Waals surface area contributed by atoms with Gasteiger partial charge in [0.1, 0.15) is 12.6 Å². The van der Waals surface area contributed by atoms with Crippen LogP contribution in [0.4, 0.5) is 18.9 Å². The fourth-order valence-corrected chi connectivity index (χ4v) is 5.76. The molecule has 2 amide bonds. The van der Waals surface area contributed by atoms with Crippen molar-refractivity contribution in [3.8, 4) is 0 Å². The molecular formula is C28H29ClF3N3O4S. The molecule has 0 aliphatic rings. The summed E-state index contributed by atoms with van der Waals surface area (Å²) in [6.07, 6.45) is -4.66. The van der Waals surface area contributed by atoms with Crippen molar-refractivity contribution in [3.05, 3.63) is 94.5 Å². The van der Waals surface area contributed by atoms with Gasteiger partial charge in [-0.2, -0.15) is 13.2 Å². The van der Waals surface area contributed by atoms with Gasteiger partial charge in [-0.25, -0.2) is 8.42 Å². The second-order valence-electron chi connectivity index (χ2n) is 9.03. The number of nitrogens with one attached hydrogen (secondary N) is 1. The van der Waals surface area contributed by atoms with Crippen LogP contribution in [0.5, 0.6) is 0 Å². The molecule has 0 spiro atoms. The lowest BCUT2D eigenvalue weighted by molar-refractivity contribution is -0.140. The number of anilines is 1. The standard InChI is InChI=1S/C28H29ClF3N3O4S/c1-4-25(27(37)33-3)34(17-20-12-10-19(2)11-13-20)26(36)18-35(40(38,39)22-8-6-5-7-9-22)21-14-15-24(29)23(16-21)28(30,31)32/h5-16,25H,4,17-18H2,1-3H3,(H,33,37). The second-order valence-corrected chi connectivity index (χ2v) is 11.3. The number of rotatable bonds is 10. The third kappa shape index (κ3) is 7.14. The minimum atomic E-state index is -4.87. The predicted molar refractivity (Wildman–Crippen MR) is 147 cm³/mol. The maximum absolute atomic E-state index is 13.8.